The number of oxazole rings is 1. The summed E-state index contributed by atoms with van der Waals surface area (Å²) in [6, 6.07) is 0. The van der Waals surface area contributed by atoms with Crippen molar-refractivity contribution >= 4 is 0 Å². The average Bonchev–Trinajstić information content (AvgIpc) is 3.40. The van der Waals surface area contributed by atoms with E-state index in [2.05, 4.69) is 50.6 Å². The predicted octanol–water partition coefficient (Wildman–Crippen LogP) is 6.10. The van der Waals surface area contributed by atoms with Crippen molar-refractivity contribution in [2.24, 2.45) is 22.7 Å². The molecule has 37 heavy (non-hydrogen) atoms. The van der Waals surface area contributed by atoms with E-state index in [0.29, 0.717) is 30.6 Å². The Labute approximate surface area is 222 Å². The van der Waals surface area contributed by atoms with E-state index in [0.717, 1.165) is 36.1 Å². The van der Waals surface area contributed by atoms with Gasteiger partial charge in [-0.25, -0.2) is 4.98 Å². The molecule has 0 spiro atoms. The van der Waals surface area contributed by atoms with Crippen LogP contribution in [0.25, 0.3) is 0 Å². The lowest BCUT2D eigenvalue weighted by atomic mass is 9.57. The van der Waals surface area contributed by atoms with Gasteiger partial charge in [-0.3, -0.25) is 0 Å². The summed E-state index contributed by atoms with van der Waals surface area (Å²) < 4.78 is 5.68. The minimum atomic E-state index is -0.647. The van der Waals surface area contributed by atoms with Gasteiger partial charge in [0.05, 0.1) is 29.4 Å². The molecule has 5 rings (SSSR count). The molecule has 0 aliphatic heterocycles. The summed E-state index contributed by atoms with van der Waals surface area (Å²) in [7, 11) is 0. The smallest absolute Gasteiger partial charge is 0.203 e. The molecule has 4 fully saturated rings. The molecular formula is C32H45NO4. The van der Waals surface area contributed by atoms with Crippen molar-refractivity contribution < 1.29 is 19.7 Å². The number of rotatable bonds is 6. The van der Waals surface area contributed by atoms with Crippen molar-refractivity contribution in [3.05, 3.63) is 65.5 Å². The Balaban J connectivity index is 1.33. The third-order valence-corrected chi connectivity index (χ3v) is 10.2. The van der Waals surface area contributed by atoms with Crippen LogP contribution in [0.1, 0.15) is 90.1 Å². The van der Waals surface area contributed by atoms with Crippen molar-refractivity contribution in [1.29, 1.82) is 0 Å². The normalized spacial score (nSPS) is 36.9. The lowest BCUT2D eigenvalue weighted by Gasteiger charge is -2.47. The van der Waals surface area contributed by atoms with Crippen LogP contribution >= 0.6 is 0 Å². The van der Waals surface area contributed by atoms with E-state index in [9.17, 15) is 15.3 Å². The highest BCUT2D eigenvalue weighted by Gasteiger charge is 2.55. The second-order valence-corrected chi connectivity index (χ2v) is 13.2. The van der Waals surface area contributed by atoms with E-state index < -0.39 is 18.3 Å². The SMILES string of the molecule is C=C1/C(=C\C=C2/CCC[C@]3(C)[C@@H](C(C)(C)/C=C/[C@H](O)C4(c5nc(C)co5)CC4)CC[C@@H]23)C[C@@H](O)C[C@@H]1O. The quantitative estimate of drug-likeness (QED) is 0.405. The second kappa shape index (κ2) is 9.66. The summed E-state index contributed by atoms with van der Waals surface area (Å²) in [5.41, 5.74) is 3.90. The minimum absolute atomic E-state index is 0.0418. The van der Waals surface area contributed by atoms with Crippen molar-refractivity contribution in [1.82, 2.24) is 4.98 Å². The molecule has 3 N–H and O–H groups in total. The molecule has 4 aliphatic rings. The van der Waals surface area contributed by atoms with Gasteiger partial charge in [-0.1, -0.05) is 57.2 Å². The second-order valence-electron chi connectivity index (χ2n) is 13.2. The average molecular weight is 508 g/mol. The molecule has 0 radical (unpaired) electrons. The van der Waals surface area contributed by atoms with Crippen LogP contribution in [0.2, 0.25) is 0 Å². The summed E-state index contributed by atoms with van der Waals surface area (Å²) in [4.78, 5) is 4.52. The highest BCUT2D eigenvalue weighted by atomic mass is 16.3. The highest BCUT2D eigenvalue weighted by Crippen LogP contribution is 2.62. The summed E-state index contributed by atoms with van der Waals surface area (Å²) >= 11 is 0. The maximum Gasteiger partial charge on any atom is 0.203 e. The molecule has 1 aromatic rings. The topological polar surface area (TPSA) is 86.7 Å². The maximum atomic E-state index is 11.2. The molecule has 0 saturated heterocycles. The molecule has 4 aliphatic carbocycles. The van der Waals surface area contributed by atoms with Crippen molar-refractivity contribution in [3.8, 4) is 0 Å². The summed E-state index contributed by atoms with van der Waals surface area (Å²) in [6.07, 6.45) is 17.3. The Bertz CT molecular complexity index is 1120. The first-order valence-electron chi connectivity index (χ1n) is 14.2. The predicted molar refractivity (Wildman–Crippen MR) is 146 cm³/mol. The van der Waals surface area contributed by atoms with Gasteiger partial charge in [0.15, 0.2) is 0 Å². The lowest BCUT2D eigenvalue weighted by Crippen LogP contribution is -2.39. The van der Waals surface area contributed by atoms with Gasteiger partial charge >= 0.3 is 0 Å². The van der Waals surface area contributed by atoms with Gasteiger partial charge < -0.3 is 19.7 Å². The summed E-state index contributed by atoms with van der Waals surface area (Å²) in [5.74, 6) is 1.74. The summed E-state index contributed by atoms with van der Waals surface area (Å²) in [6.45, 7) is 13.1. The zero-order valence-corrected chi connectivity index (χ0v) is 23.0. The Morgan fingerprint density at radius 2 is 1.95 bits per heavy atom. The fourth-order valence-electron chi connectivity index (χ4n) is 7.92. The van der Waals surface area contributed by atoms with Crippen LogP contribution < -0.4 is 0 Å². The third kappa shape index (κ3) is 4.84. The molecular weight excluding hydrogens is 462 g/mol. The molecule has 6 atom stereocenters. The van der Waals surface area contributed by atoms with Crippen molar-refractivity contribution in [2.45, 2.75) is 109 Å². The van der Waals surface area contributed by atoms with Crippen molar-refractivity contribution in [2.75, 3.05) is 0 Å². The monoisotopic (exact) mass is 507 g/mol. The van der Waals surface area contributed by atoms with Gasteiger partial charge in [-0.2, -0.15) is 0 Å². The maximum absolute atomic E-state index is 11.2. The van der Waals surface area contributed by atoms with Gasteiger partial charge in [-0.05, 0) is 92.1 Å². The van der Waals surface area contributed by atoms with Crippen LogP contribution in [0, 0.1) is 29.6 Å². The fourth-order valence-corrected chi connectivity index (χ4v) is 7.92. The number of allylic oxidation sites excluding steroid dienone is 4. The lowest BCUT2D eigenvalue weighted by molar-refractivity contribution is 0.0705. The minimum Gasteiger partial charge on any atom is -0.448 e. The van der Waals surface area contributed by atoms with Crippen LogP contribution in [-0.4, -0.2) is 38.6 Å². The molecule has 0 aromatic carbocycles. The zero-order valence-electron chi connectivity index (χ0n) is 23.0. The number of hydrogen-bond donors (Lipinski definition) is 3. The molecule has 4 saturated carbocycles. The molecule has 202 valence electrons. The Morgan fingerprint density at radius 3 is 2.62 bits per heavy atom. The molecule has 0 bridgehead atoms. The number of aliphatic hydroxyl groups excluding tert-OH is 3. The van der Waals surface area contributed by atoms with Crippen LogP contribution in [-0.2, 0) is 5.41 Å². The molecule has 5 nitrogen and oxygen atoms in total. The van der Waals surface area contributed by atoms with E-state index in [4.69, 9.17) is 4.42 Å². The molecule has 0 unspecified atom stereocenters. The number of hydrogen-bond acceptors (Lipinski definition) is 5. The van der Waals surface area contributed by atoms with Gasteiger partial charge in [0.1, 0.15) is 6.26 Å². The Hall–Kier alpha value is -1.95. The molecule has 5 heteroatoms. The Kier molecular flexibility index (Phi) is 6.96. The highest BCUT2D eigenvalue weighted by molar-refractivity contribution is 5.39. The third-order valence-electron chi connectivity index (χ3n) is 10.2. The van der Waals surface area contributed by atoms with Gasteiger partial charge in [-0.15, -0.1) is 0 Å². The Morgan fingerprint density at radius 1 is 1.19 bits per heavy atom. The van der Waals surface area contributed by atoms with Crippen LogP contribution in [0.4, 0.5) is 0 Å². The van der Waals surface area contributed by atoms with E-state index in [-0.39, 0.29) is 16.2 Å². The number of nitrogens with zero attached hydrogens (tertiary/aromatic N) is 1. The molecule has 1 heterocycles. The van der Waals surface area contributed by atoms with Crippen LogP contribution in [0.5, 0.6) is 0 Å². The number of aryl methyl sites for hydroxylation is 1. The fraction of sp³-hybridized carbons (Fsp3) is 0.656. The number of fused-ring (bicyclic) bond motifs is 1. The first-order valence-corrected chi connectivity index (χ1v) is 14.2. The van der Waals surface area contributed by atoms with Crippen molar-refractivity contribution in [3.63, 3.8) is 0 Å². The summed E-state index contributed by atoms with van der Waals surface area (Å²) in [5, 5.41) is 31.5. The number of aliphatic hydroxyl groups is 3. The largest absolute Gasteiger partial charge is 0.448 e. The van der Waals surface area contributed by atoms with E-state index in [1.54, 1.807) is 6.26 Å². The zero-order chi connectivity index (χ0) is 26.6. The molecule has 1 aromatic heterocycles. The van der Waals surface area contributed by atoms with E-state index in [1.165, 1.54) is 31.3 Å². The van der Waals surface area contributed by atoms with E-state index in [1.807, 2.05) is 13.0 Å². The standard InChI is InChI=1S/C32H45NO4/c1-20-19-37-29(33-20)32(15-16-32)28(36)12-14-30(3,4)27-11-10-25-22(7-6-13-31(25,27)5)8-9-23-17-24(34)18-26(35)21(23)2/h8-9,12,14,19,24-28,34-36H,2,6-7,10-11,13,15-18H2,1,3-5H3/b14-12+,22-8+,23-9-/t24-,25+,26+,27-,28+,31+/m1/s1. The van der Waals surface area contributed by atoms with E-state index >= 15 is 0 Å². The first-order chi connectivity index (χ1) is 17.5. The van der Waals surface area contributed by atoms with Gasteiger partial charge in [0, 0.05) is 6.42 Å². The van der Waals surface area contributed by atoms with Crippen LogP contribution in [0.3, 0.4) is 0 Å². The van der Waals surface area contributed by atoms with Gasteiger partial charge in [0.25, 0.3) is 0 Å². The number of aromatic nitrogens is 1. The molecule has 0 amide bonds. The first kappa shape index (κ1) is 26.6. The van der Waals surface area contributed by atoms with Gasteiger partial charge in [0.2, 0.25) is 5.89 Å². The van der Waals surface area contributed by atoms with Crippen LogP contribution in [0.15, 0.2) is 58.3 Å².